The number of amides is 2. The van der Waals surface area contributed by atoms with Gasteiger partial charge in [0, 0.05) is 37.0 Å². The van der Waals surface area contributed by atoms with E-state index in [4.69, 9.17) is 0 Å². The van der Waals surface area contributed by atoms with Crippen LogP contribution in [0.5, 0.6) is 0 Å². The van der Waals surface area contributed by atoms with Gasteiger partial charge in [0.05, 0.1) is 28.6 Å². The van der Waals surface area contributed by atoms with Crippen LogP contribution in [0, 0.1) is 11.3 Å². The highest BCUT2D eigenvalue weighted by atomic mass is 16.2. The van der Waals surface area contributed by atoms with Gasteiger partial charge in [-0.2, -0.15) is 5.26 Å². The first-order chi connectivity index (χ1) is 16.9. The molecule has 0 fully saturated rings. The summed E-state index contributed by atoms with van der Waals surface area (Å²) in [5.74, 6) is -0.325. The molecular weight excluding hydrogens is 438 g/mol. The summed E-state index contributed by atoms with van der Waals surface area (Å²) in [6.07, 6.45) is 0. The fraction of sp³-hybridized carbons (Fsp3) is 0.179. The fourth-order valence-corrected chi connectivity index (χ4v) is 3.92. The van der Waals surface area contributed by atoms with Gasteiger partial charge in [0.2, 0.25) is 0 Å². The van der Waals surface area contributed by atoms with Crippen LogP contribution in [0.4, 0.5) is 11.4 Å². The van der Waals surface area contributed by atoms with E-state index in [1.54, 1.807) is 42.3 Å². The summed E-state index contributed by atoms with van der Waals surface area (Å²) in [4.78, 5) is 29.8. The van der Waals surface area contributed by atoms with Crippen LogP contribution in [-0.4, -0.2) is 55.8 Å². The Balaban J connectivity index is 1.73. The molecule has 2 amide bonds. The molecule has 35 heavy (non-hydrogen) atoms. The first-order valence-electron chi connectivity index (χ1n) is 11.3. The zero-order valence-corrected chi connectivity index (χ0v) is 20.0. The molecule has 1 aliphatic rings. The van der Waals surface area contributed by atoms with E-state index in [9.17, 15) is 14.9 Å². The zero-order chi connectivity index (χ0) is 24.9. The molecule has 3 aromatic carbocycles. The molecule has 0 radical (unpaired) electrons. The Hall–Kier alpha value is -4.41. The van der Waals surface area contributed by atoms with Crippen LogP contribution in [0.2, 0.25) is 0 Å². The van der Waals surface area contributed by atoms with Gasteiger partial charge in [-0.1, -0.05) is 42.5 Å². The average Bonchev–Trinajstić information content (AvgIpc) is 3.20. The molecule has 0 aromatic heterocycles. The van der Waals surface area contributed by atoms with E-state index < -0.39 is 0 Å². The van der Waals surface area contributed by atoms with Crippen molar-refractivity contribution < 1.29 is 9.59 Å². The van der Waals surface area contributed by atoms with Crippen LogP contribution in [-0.2, 0) is 4.79 Å². The second kappa shape index (κ2) is 10.2. The van der Waals surface area contributed by atoms with Gasteiger partial charge in [0.25, 0.3) is 11.8 Å². The van der Waals surface area contributed by atoms with Crippen molar-refractivity contribution in [2.75, 3.05) is 44.9 Å². The third kappa shape index (κ3) is 5.24. The lowest BCUT2D eigenvalue weighted by atomic mass is 9.99. The third-order valence-corrected chi connectivity index (χ3v) is 5.81. The van der Waals surface area contributed by atoms with Gasteiger partial charge >= 0.3 is 0 Å². The number of nitrogens with zero attached hydrogens (tertiary/aromatic N) is 3. The first-order valence-corrected chi connectivity index (χ1v) is 11.3. The normalized spacial score (nSPS) is 13.6. The predicted molar refractivity (Wildman–Crippen MR) is 139 cm³/mol. The number of hydrogen-bond donors (Lipinski definition) is 2. The van der Waals surface area contributed by atoms with Crippen molar-refractivity contribution in [2.24, 2.45) is 0 Å². The topological polar surface area (TPSA) is 88.5 Å². The standard InChI is InChI=1S/C28H27N5O2/c1-32(2)14-15-33(3)28(35)21-10-7-11-22(17-21)30-26(20-8-5-4-6-9-20)25-23-13-12-19(18-29)16-24(23)31-27(25)34/h4-13,16-17,30H,14-15H2,1-3H3,(H,31,34)/b26-25-. The molecule has 0 saturated heterocycles. The number of carbonyl (C=O) groups excluding carboxylic acids is 2. The SMILES string of the molecule is CN(C)CCN(C)C(=O)c1cccc(N/C(=C2\C(=O)Nc3cc(C#N)ccc32)c2ccccc2)c1. The molecule has 0 unspecified atom stereocenters. The van der Waals surface area contributed by atoms with Crippen LogP contribution < -0.4 is 10.6 Å². The Bertz CT molecular complexity index is 1340. The van der Waals surface area contributed by atoms with Crippen molar-refractivity contribution in [3.05, 3.63) is 95.1 Å². The van der Waals surface area contributed by atoms with Gasteiger partial charge in [-0.05, 0) is 50.0 Å². The van der Waals surface area contributed by atoms with Crippen molar-refractivity contribution >= 4 is 34.5 Å². The maximum atomic E-state index is 13.1. The molecule has 1 aliphatic heterocycles. The molecule has 0 spiro atoms. The van der Waals surface area contributed by atoms with Crippen molar-refractivity contribution in [1.29, 1.82) is 5.26 Å². The van der Waals surface area contributed by atoms with Gasteiger partial charge in [0.1, 0.15) is 0 Å². The number of fused-ring (bicyclic) bond motifs is 1. The summed E-state index contributed by atoms with van der Waals surface area (Å²) in [5.41, 5.74) is 4.98. The zero-order valence-electron chi connectivity index (χ0n) is 20.0. The van der Waals surface area contributed by atoms with Gasteiger partial charge in [-0.25, -0.2) is 0 Å². The lowest BCUT2D eigenvalue weighted by Crippen LogP contribution is -2.33. The van der Waals surface area contributed by atoms with Crippen molar-refractivity contribution in [1.82, 2.24) is 9.80 Å². The van der Waals surface area contributed by atoms with E-state index in [0.29, 0.717) is 40.3 Å². The highest BCUT2D eigenvalue weighted by Crippen LogP contribution is 2.38. The monoisotopic (exact) mass is 465 g/mol. The van der Waals surface area contributed by atoms with Crippen LogP contribution in [0.25, 0.3) is 11.3 Å². The highest BCUT2D eigenvalue weighted by molar-refractivity contribution is 6.37. The van der Waals surface area contributed by atoms with Gasteiger partial charge in [0.15, 0.2) is 0 Å². The molecule has 0 bridgehead atoms. The molecule has 7 heteroatoms. The lowest BCUT2D eigenvalue weighted by Gasteiger charge is -2.20. The van der Waals surface area contributed by atoms with Crippen LogP contribution >= 0.6 is 0 Å². The maximum absolute atomic E-state index is 13.1. The summed E-state index contributed by atoms with van der Waals surface area (Å²) in [6.45, 7) is 1.39. The number of anilines is 2. The summed E-state index contributed by atoms with van der Waals surface area (Å²) in [6, 6.07) is 24.1. The molecule has 7 nitrogen and oxygen atoms in total. The number of nitriles is 1. The van der Waals surface area contributed by atoms with Crippen molar-refractivity contribution in [3.63, 3.8) is 0 Å². The quantitative estimate of drug-likeness (QED) is 0.513. The molecule has 176 valence electrons. The van der Waals surface area contributed by atoms with Gasteiger partial charge < -0.3 is 20.4 Å². The minimum absolute atomic E-state index is 0.0718. The summed E-state index contributed by atoms with van der Waals surface area (Å²) >= 11 is 0. The summed E-state index contributed by atoms with van der Waals surface area (Å²) in [7, 11) is 5.73. The molecular formula is C28H27N5O2. The number of carbonyl (C=O) groups is 2. The maximum Gasteiger partial charge on any atom is 0.258 e. The Morgan fingerprint density at radius 1 is 0.943 bits per heavy atom. The van der Waals surface area contributed by atoms with E-state index >= 15 is 0 Å². The Morgan fingerprint density at radius 2 is 1.69 bits per heavy atom. The number of rotatable bonds is 7. The number of nitrogens with one attached hydrogen (secondary N) is 2. The van der Waals surface area contributed by atoms with E-state index in [0.717, 1.165) is 17.7 Å². The first kappa shape index (κ1) is 23.7. The van der Waals surface area contributed by atoms with Crippen LogP contribution in [0.3, 0.4) is 0 Å². The fourth-order valence-electron chi connectivity index (χ4n) is 3.92. The number of likely N-dealkylation sites (N-methyl/N-ethyl adjacent to an activating group) is 2. The van der Waals surface area contributed by atoms with Crippen molar-refractivity contribution in [3.8, 4) is 6.07 Å². The molecule has 1 heterocycles. The molecule has 4 rings (SSSR count). The molecule has 3 aromatic rings. The second-order valence-electron chi connectivity index (χ2n) is 8.68. The highest BCUT2D eigenvalue weighted by Gasteiger charge is 2.28. The van der Waals surface area contributed by atoms with E-state index in [-0.39, 0.29) is 11.8 Å². The second-order valence-corrected chi connectivity index (χ2v) is 8.68. The van der Waals surface area contributed by atoms with Crippen molar-refractivity contribution in [2.45, 2.75) is 0 Å². The van der Waals surface area contributed by atoms with Crippen LogP contribution in [0.1, 0.15) is 27.0 Å². The minimum Gasteiger partial charge on any atom is -0.354 e. The van der Waals surface area contributed by atoms with Gasteiger partial charge in [-0.15, -0.1) is 0 Å². The predicted octanol–water partition coefficient (Wildman–Crippen LogP) is 4.12. The van der Waals surface area contributed by atoms with Gasteiger partial charge in [-0.3, -0.25) is 9.59 Å². The van der Waals surface area contributed by atoms with E-state index in [1.165, 1.54) is 0 Å². The lowest BCUT2D eigenvalue weighted by molar-refractivity contribution is -0.110. The Morgan fingerprint density at radius 3 is 2.40 bits per heavy atom. The van der Waals surface area contributed by atoms with Crippen LogP contribution in [0.15, 0.2) is 72.8 Å². The summed E-state index contributed by atoms with van der Waals surface area (Å²) in [5, 5.41) is 15.5. The Kier molecular flexibility index (Phi) is 6.95. The largest absolute Gasteiger partial charge is 0.354 e. The number of benzene rings is 3. The van der Waals surface area contributed by atoms with E-state index in [1.807, 2.05) is 61.5 Å². The molecule has 0 aliphatic carbocycles. The Labute approximate surface area is 205 Å². The molecule has 0 saturated carbocycles. The average molecular weight is 466 g/mol. The molecule has 0 atom stereocenters. The molecule has 2 N–H and O–H groups in total. The number of hydrogen-bond acceptors (Lipinski definition) is 5. The van der Waals surface area contributed by atoms with E-state index in [2.05, 4.69) is 16.7 Å². The third-order valence-electron chi connectivity index (χ3n) is 5.81. The summed E-state index contributed by atoms with van der Waals surface area (Å²) < 4.78 is 0. The smallest absolute Gasteiger partial charge is 0.258 e. The minimum atomic E-state index is -0.253.